The molecule has 1 unspecified atom stereocenters. The molecule has 170 valence electrons. The van der Waals surface area contributed by atoms with Gasteiger partial charge < -0.3 is 14.8 Å². The van der Waals surface area contributed by atoms with E-state index in [0.717, 1.165) is 16.0 Å². The van der Waals surface area contributed by atoms with Crippen LogP contribution in [0.25, 0.3) is 10.4 Å². The lowest BCUT2D eigenvalue weighted by molar-refractivity contribution is 0.0703. The lowest BCUT2D eigenvalue weighted by Crippen LogP contribution is -2.44. The lowest BCUT2D eigenvalue weighted by atomic mass is 10.0. The summed E-state index contributed by atoms with van der Waals surface area (Å²) in [5.74, 6) is -0.923. The van der Waals surface area contributed by atoms with Gasteiger partial charge in [-0.15, -0.1) is 11.3 Å². The quantitative estimate of drug-likeness (QED) is 0.334. The second-order valence-corrected chi connectivity index (χ2v) is 15.5. The van der Waals surface area contributed by atoms with Gasteiger partial charge in [0.2, 0.25) is 0 Å². The maximum Gasteiger partial charge on any atom is 0.348 e. The van der Waals surface area contributed by atoms with E-state index < -0.39 is 14.3 Å². The smallest absolute Gasteiger partial charge is 0.348 e. The zero-order chi connectivity index (χ0) is 23.5. The Balaban J connectivity index is 1.95. The normalized spacial score (nSPS) is 14.1. The van der Waals surface area contributed by atoms with Crippen LogP contribution < -0.4 is 5.32 Å². The molecule has 0 saturated heterocycles. The Morgan fingerprint density at radius 3 is 2.12 bits per heavy atom. The van der Waals surface area contributed by atoms with Gasteiger partial charge in [0.15, 0.2) is 8.32 Å². The van der Waals surface area contributed by atoms with Gasteiger partial charge in [0, 0.05) is 4.88 Å². The maximum absolute atomic E-state index is 12.0. The van der Waals surface area contributed by atoms with E-state index in [4.69, 9.17) is 4.43 Å². The van der Waals surface area contributed by atoms with E-state index in [1.807, 2.05) is 54.6 Å². The number of hydrogen-bond donors (Lipinski definition) is 2. The van der Waals surface area contributed by atoms with E-state index in [1.54, 1.807) is 0 Å². The molecular formula is C26H33NO3SSi. The summed E-state index contributed by atoms with van der Waals surface area (Å²) < 4.78 is 6.85. The van der Waals surface area contributed by atoms with Gasteiger partial charge in [0.25, 0.3) is 0 Å². The highest BCUT2D eigenvalue weighted by Crippen LogP contribution is 2.42. The minimum Gasteiger partial charge on any atom is -0.477 e. The third-order valence-electron chi connectivity index (χ3n) is 6.18. The van der Waals surface area contributed by atoms with Crippen LogP contribution in [-0.2, 0) is 4.43 Å². The van der Waals surface area contributed by atoms with E-state index in [9.17, 15) is 9.90 Å². The summed E-state index contributed by atoms with van der Waals surface area (Å²) in [5.41, 5.74) is 2.74. The first-order valence-corrected chi connectivity index (χ1v) is 14.6. The highest BCUT2D eigenvalue weighted by molar-refractivity contribution is 7.18. The van der Waals surface area contributed by atoms with Crippen molar-refractivity contribution in [3.8, 4) is 10.4 Å². The van der Waals surface area contributed by atoms with Crippen LogP contribution in [0, 0.1) is 0 Å². The number of thiophene rings is 1. The van der Waals surface area contributed by atoms with Crippen LogP contribution in [0.5, 0.6) is 0 Å². The second-order valence-electron chi connectivity index (χ2n) is 9.67. The summed E-state index contributed by atoms with van der Waals surface area (Å²) in [6, 6.07) is 21.9. The van der Waals surface area contributed by atoms with E-state index in [2.05, 4.69) is 58.2 Å². The van der Waals surface area contributed by atoms with Gasteiger partial charge in [0.05, 0.1) is 17.8 Å². The Morgan fingerprint density at radius 2 is 1.59 bits per heavy atom. The zero-order valence-corrected chi connectivity index (χ0v) is 21.5. The summed E-state index contributed by atoms with van der Waals surface area (Å²) in [6.07, 6.45) is -0.196. The van der Waals surface area contributed by atoms with Gasteiger partial charge in [-0.25, -0.2) is 4.79 Å². The molecule has 3 rings (SSSR count). The van der Waals surface area contributed by atoms with E-state index in [0.29, 0.717) is 10.6 Å². The predicted octanol–water partition coefficient (Wildman–Crippen LogP) is 7.68. The number of carbonyl (C=O) groups is 1. The minimum atomic E-state index is -2.07. The molecular weight excluding hydrogens is 434 g/mol. The van der Waals surface area contributed by atoms with Gasteiger partial charge in [-0.05, 0) is 42.2 Å². The van der Waals surface area contributed by atoms with E-state index in [1.165, 1.54) is 11.3 Å². The Bertz CT molecular complexity index is 1040. The largest absolute Gasteiger partial charge is 0.477 e. The summed E-state index contributed by atoms with van der Waals surface area (Å²) in [5, 5.41) is 13.4. The standard InChI is InChI=1S/C26H33NO3SSi/c1-18(23(20-15-11-8-12-16-20)30-32(5,6)26(2,3)4)27-21-17-22(31-24(21)25(28)29)19-13-9-7-10-14-19/h7-18,23,27H,1-6H3,(H,28,29)/t18?,23-/m0/s1. The van der Waals surface area contributed by atoms with Gasteiger partial charge >= 0.3 is 5.97 Å². The number of benzene rings is 2. The molecule has 0 aliphatic heterocycles. The molecule has 6 heteroatoms. The Morgan fingerprint density at radius 1 is 1.03 bits per heavy atom. The first kappa shape index (κ1) is 24.2. The van der Waals surface area contributed by atoms with Crippen molar-refractivity contribution in [3.05, 3.63) is 77.2 Å². The van der Waals surface area contributed by atoms with Crippen LogP contribution in [0.1, 0.15) is 49.0 Å². The molecule has 1 aromatic heterocycles. The maximum atomic E-state index is 12.0. The molecule has 0 amide bonds. The molecule has 0 fully saturated rings. The molecule has 2 atom stereocenters. The van der Waals surface area contributed by atoms with Crippen LogP contribution in [0.4, 0.5) is 5.69 Å². The molecule has 0 bridgehead atoms. The lowest BCUT2D eigenvalue weighted by Gasteiger charge is -2.41. The first-order chi connectivity index (χ1) is 15.0. The third kappa shape index (κ3) is 5.49. The number of hydrogen-bond acceptors (Lipinski definition) is 4. The Kier molecular flexibility index (Phi) is 7.28. The molecule has 0 radical (unpaired) electrons. The number of carboxylic acids is 1. The van der Waals surface area contributed by atoms with Crippen LogP contribution in [0.2, 0.25) is 18.1 Å². The summed E-state index contributed by atoms with van der Waals surface area (Å²) in [6.45, 7) is 13.2. The number of nitrogens with one attached hydrogen (secondary N) is 1. The number of rotatable bonds is 8. The van der Waals surface area contributed by atoms with Crippen LogP contribution in [-0.4, -0.2) is 25.4 Å². The topological polar surface area (TPSA) is 58.6 Å². The van der Waals surface area contributed by atoms with Crippen LogP contribution >= 0.6 is 11.3 Å². The summed E-state index contributed by atoms with van der Waals surface area (Å²) >= 11 is 1.29. The van der Waals surface area contributed by atoms with Crippen molar-refractivity contribution in [3.63, 3.8) is 0 Å². The monoisotopic (exact) mass is 467 g/mol. The first-order valence-electron chi connectivity index (χ1n) is 10.9. The van der Waals surface area contributed by atoms with Gasteiger partial charge in [-0.3, -0.25) is 0 Å². The summed E-state index contributed by atoms with van der Waals surface area (Å²) in [4.78, 5) is 13.2. The van der Waals surface area contributed by atoms with Crippen LogP contribution in [0.15, 0.2) is 66.7 Å². The fraction of sp³-hybridized carbons (Fsp3) is 0.346. The molecule has 2 aromatic carbocycles. The van der Waals surface area contributed by atoms with Crippen molar-refractivity contribution in [1.82, 2.24) is 0 Å². The van der Waals surface area contributed by atoms with Crippen molar-refractivity contribution < 1.29 is 14.3 Å². The molecule has 0 aliphatic rings. The molecule has 1 heterocycles. The molecule has 4 nitrogen and oxygen atoms in total. The van der Waals surface area contributed by atoms with Crippen molar-refractivity contribution in [2.45, 2.75) is 58.0 Å². The molecule has 0 aliphatic carbocycles. The molecule has 0 saturated carbocycles. The van der Waals surface area contributed by atoms with Crippen LogP contribution in [0.3, 0.4) is 0 Å². The minimum absolute atomic E-state index is 0.0643. The summed E-state index contributed by atoms with van der Waals surface area (Å²) in [7, 11) is -2.07. The zero-order valence-electron chi connectivity index (χ0n) is 19.7. The average Bonchev–Trinajstić information content (AvgIpc) is 3.16. The average molecular weight is 468 g/mol. The second kappa shape index (κ2) is 9.61. The van der Waals surface area contributed by atoms with Gasteiger partial charge in [-0.2, -0.15) is 0 Å². The highest BCUT2D eigenvalue weighted by atomic mass is 32.1. The number of carboxylic acid groups (broad SMARTS) is 1. The Hall–Kier alpha value is -2.41. The molecule has 32 heavy (non-hydrogen) atoms. The molecule has 2 N–H and O–H groups in total. The predicted molar refractivity (Wildman–Crippen MR) is 137 cm³/mol. The molecule has 3 aromatic rings. The number of aromatic carboxylic acids is 1. The SMILES string of the molecule is CC(Nc1cc(-c2ccccc2)sc1C(=O)O)[C@H](O[Si](C)(C)C(C)(C)C)c1ccccc1. The highest BCUT2D eigenvalue weighted by Gasteiger charge is 2.40. The van der Waals surface area contributed by atoms with Crippen molar-refractivity contribution in [2.24, 2.45) is 0 Å². The van der Waals surface area contributed by atoms with Crippen molar-refractivity contribution in [1.29, 1.82) is 0 Å². The van der Waals surface area contributed by atoms with Crippen molar-refractivity contribution >= 4 is 31.3 Å². The third-order valence-corrected chi connectivity index (χ3v) is 11.8. The van der Waals surface area contributed by atoms with E-state index >= 15 is 0 Å². The Labute approximate surface area is 196 Å². The molecule has 0 spiro atoms. The van der Waals surface area contributed by atoms with E-state index in [-0.39, 0.29) is 17.2 Å². The number of anilines is 1. The van der Waals surface area contributed by atoms with Crippen molar-refractivity contribution in [2.75, 3.05) is 5.32 Å². The fourth-order valence-corrected chi connectivity index (χ4v) is 5.61. The van der Waals surface area contributed by atoms with Gasteiger partial charge in [0.1, 0.15) is 4.88 Å². The van der Waals surface area contributed by atoms with Gasteiger partial charge in [-0.1, -0.05) is 81.4 Å². The fourth-order valence-electron chi connectivity index (χ4n) is 3.32.